The van der Waals surface area contributed by atoms with Gasteiger partial charge in [-0.1, -0.05) is 23.7 Å². The van der Waals surface area contributed by atoms with Gasteiger partial charge in [-0.2, -0.15) is 0 Å². The summed E-state index contributed by atoms with van der Waals surface area (Å²) in [6.07, 6.45) is 0. The molecule has 1 N–H and O–H groups in total. The number of hydrogen-bond donors (Lipinski definition) is 1. The molecule has 0 spiro atoms. The first-order valence-electron chi connectivity index (χ1n) is 9.74. The van der Waals surface area contributed by atoms with Gasteiger partial charge in [-0.05, 0) is 42.8 Å². The molecular weight excluding hydrogens is 390 g/mol. The molecule has 1 saturated heterocycles. The van der Waals surface area contributed by atoms with Crippen LogP contribution >= 0.6 is 11.6 Å². The van der Waals surface area contributed by atoms with E-state index in [1.807, 2.05) is 31.2 Å². The summed E-state index contributed by atoms with van der Waals surface area (Å²) in [5.41, 5.74) is 1.91. The quantitative estimate of drug-likeness (QED) is 0.747. The van der Waals surface area contributed by atoms with Crippen molar-refractivity contribution in [2.75, 3.05) is 45.7 Å². The average Bonchev–Trinajstić information content (AvgIpc) is 2.73. The molecule has 1 amide bonds. The van der Waals surface area contributed by atoms with Crippen LogP contribution in [0.5, 0.6) is 11.5 Å². The number of piperazine rings is 1. The summed E-state index contributed by atoms with van der Waals surface area (Å²) in [5.74, 6) is 1.47. The zero-order valence-corrected chi connectivity index (χ0v) is 17.9. The molecule has 29 heavy (non-hydrogen) atoms. The smallest absolute Gasteiger partial charge is 0.241 e. The van der Waals surface area contributed by atoms with E-state index in [0.717, 1.165) is 49.9 Å². The third kappa shape index (κ3) is 5.63. The molecule has 1 aliphatic rings. The highest BCUT2D eigenvalue weighted by molar-refractivity contribution is 6.30. The van der Waals surface area contributed by atoms with Gasteiger partial charge in [0, 0.05) is 43.4 Å². The first-order chi connectivity index (χ1) is 14.0. The minimum absolute atomic E-state index is 0.0133. The van der Waals surface area contributed by atoms with Gasteiger partial charge in [0.25, 0.3) is 0 Å². The third-order valence-corrected chi connectivity index (χ3v) is 5.52. The van der Waals surface area contributed by atoms with Crippen LogP contribution in [0.4, 0.5) is 5.69 Å². The molecule has 0 unspecified atom stereocenters. The van der Waals surface area contributed by atoms with Crippen molar-refractivity contribution in [1.29, 1.82) is 0 Å². The van der Waals surface area contributed by atoms with E-state index in [4.69, 9.17) is 21.1 Å². The van der Waals surface area contributed by atoms with Gasteiger partial charge >= 0.3 is 0 Å². The molecule has 3 rings (SSSR count). The molecule has 0 saturated carbocycles. The predicted octanol–water partition coefficient (Wildman–Crippen LogP) is 3.50. The summed E-state index contributed by atoms with van der Waals surface area (Å²) in [5, 5.41) is 3.56. The monoisotopic (exact) mass is 417 g/mol. The van der Waals surface area contributed by atoms with E-state index in [1.165, 1.54) is 5.56 Å². The maximum absolute atomic E-state index is 12.6. The first-order valence-corrected chi connectivity index (χ1v) is 10.1. The maximum atomic E-state index is 12.6. The van der Waals surface area contributed by atoms with Crippen LogP contribution in [0.1, 0.15) is 12.5 Å². The van der Waals surface area contributed by atoms with Crippen molar-refractivity contribution in [1.82, 2.24) is 9.80 Å². The number of carbonyl (C=O) groups is 1. The lowest BCUT2D eigenvalue weighted by Crippen LogP contribution is -2.52. The molecular formula is C22H28ClN3O3. The van der Waals surface area contributed by atoms with Crippen LogP contribution in [0.2, 0.25) is 5.02 Å². The summed E-state index contributed by atoms with van der Waals surface area (Å²) in [6, 6.07) is 13.0. The van der Waals surface area contributed by atoms with Crippen molar-refractivity contribution in [3.8, 4) is 11.5 Å². The fourth-order valence-electron chi connectivity index (χ4n) is 3.52. The van der Waals surface area contributed by atoms with Crippen LogP contribution in [-0.2, 0) is 11.3 Å². The number of methoxy groups -OCH3 is 2. The number of ether oxygens (including phenoxy) is 2. The number of hydrogen-bond acceptors (Lipinski definition) is 5. The molecule has 1 heterocycles. The minimum atomic E-state index is -0.197. The Hall–Kier alpha value is -2.28. The highest BCUT2D eigenvalue weighted by atomic mass is 35.5. The molecule has 2 aromatic carbocycles. The molecule has 0 aromatic heterocycles. The second-order valence-corrected chi connectivity index (χ2v) is 7.61. The van der Waals surface area contributed by atoms with E-state index in [2.05, 4.69) is 21.2 Å². The van der Waals surface area contributed by atoms with Crippen molar-refractivity contribution >= 4 is 23.2 Å². The van der Waals surface area contributed by atoms with Crippen LogP contribution in [0.25, 0.3) is 0 Å². The van der Waals surface area contributed by atoms with Gasteiger partial charge in [0.2, 0.25) is 5.91 Å². The lowest BCUT2D eigenvalue weighted by molar-refractivity contribution is -0.121. The number of amides is 1. The van der Waals surface area contributed by atoms with Gasteiger partial charge < -0.3 is 14.8 Å². The van der Waals surface area contributed by atoms with Crippen molar-refractivity contribution in [3.63, 3.8) is 0 Å². The van der Waals surface area contributed by atoms with Gasteiger partial charge in [0.05, 0.1) is 20.3 Å². The number of carbonyl (C=O) groups excluding carboxylic acids is 1. The zero-order valence-electron chi connectivity index (χ0n) is 17.2. The Bertz CT molecular complexity index is 838. The van der Waals surface area contributed by atoms with Gasteiger partial charge in [0.15, 0.2) is 11.5 Å². The van der Waals surface area contributed by atoms with Crippen LogP contribution in [0.3, 0.4) is 0 Å². The van der Waals surface area contributed by atoms with Gasteiger partial charge in [0.1, 0.15) is 0 Å². The van der Waals surface area contributed by atoms with E-state index < -0.39 is 0 Å². The van der Waals surface area contributed by atoms with E-state index in [9.17, 15) is 4.79 Å². The molecule has 1 aliphatic heterocycles. The second-order valence-electron chi connectivity index (χ2n) is 7.18. The summed E-state index contributed by atoms with van der Waals surface area (Å²) in [7, 11) is 3.29. The third-order valence-electron chi connectivity index (χ3n) is 5.28. The highest BCUT2D eigenvalue weighted by Crippen LogP contribution is 2.28. The van der Waals surface area contributed by atoms with E-state index >= 15 is 0 Å². The molecule has 0 aliphatic carbocycles. The van der Waals surface area contributed by atoms with Crippen LogP contribution in [0.15, 0.2) is 42.5 Å². The molecule has 6 nitrogen and oxygen atoms in total. The lowest BCUT2D eigenvalue weighted by atomic mass is 10.1. The summed E-state index contributed by atoms with van der Waals surface area (Å²) < 4.78 is 10.7. The zero-order chi connectivity index (χ0) is 20.8. The minimum Gasteiger partial charge on any atom is -0.493 e. The molecule has 156 valence electrons. The molecule has 7 heteroatoms. The number of halogens is 1. The molecule has 0 bridgehead atoms. The summed E-state index contributed by atoms with van der Waals surface area (Å²) >= 11 is 5.99. The van der Waals surface area contributed by atoms with Gasteiger partial charge in [-0.15, -0.1) is 0 Å². The van der Waals surface area contributed by atoms with Crippen LogP contribution < -0.4 is 14.8 Å². The highest BCUT2D eigenvalue weighted by Gasteiger charge is 2.25. The Kier molecular flexibility index (Phi) is 7.36. The van der Waals surface area contributed by atoms with Crippen molar-refractivity contribution in [2.24, 2.45) is 0 Å². The van der Waals surface area contributed by atoms with Gasteiger partial charge in [-0.25, -0.2) is 0 Å². The molecule has 0 radical (unpaired) electrons. The number of nitrogens with one attached hydrogen (secondary N) is 1. The van der Waals surface area contributed by atoms with Crippen LogP contribution in [-0.4, -0.2) is 62.1 Å². The number of nitrogens with zero attached hydrogens (tertiary/aromatic N) is 2. The Labute approximate surface area is 177 Å². The van der Waals surface area contributed by atoms with Crippen molar-refractivity contribution in [3.05, 3.63) is 53.1 Å². The molecule has 1 fully saturated rings. The number of rotatable bonds is 7. The largest absolute Gasteiger partial charge is 0.493 e. The van der Waals surface area contributed by atoms with Crippen molar-refractivity contribution in [2.45, 2.75) is 19.5 Å². The van der Waals surface area contributed by atoms with Gasteiger partial charge in [-0.3, -0.25) is 14.6 Å². The maximum Gasteiger partial charge on any atom is 0.241 e. The Balaban J connectivity index is 1.51. The van der Waals surface area contributed by atoms with E-state index in [-0.39, 0.29) is 11.9 Å². The second kappa shape index (κ2) is 9.96. The summed E-state index contributed by atoms with van der Waals surface area (Å²) in [6.45, 7) is 6.29. The molecule has 1 atom stereocenters. The average molecular weight is 418 g/mol. The fraction of sp³-hybridized carbons (Fsp3) is 0.409. The predicted molar refractivity (Wildman–Crippen MR) is 116 cm³/mol. The Morgan fingerprint density at radius 1 is 1.07 bits per heavy atom. The Morgan fingerprint density at radius 2 is 1.79 bits per heavy atom. The normalized spacial score (nSPS) is 16.3. The van der Waals surface area contributed by atoms with Crippen LogP contribution in [0, 0.1) is 0 Å². The molecule has 2 aromatic rings. The van der Waals surface area contributed by atoms with E-state index in [1.54, 1.807) is 26.4 Å². The number of anilines is 1. The SMILES string of the molecule is COc1ccc(CN2CCN([C@@H](C)C(=O)Nc3cccc(Cl)c3)CC2)cc1OC. The van der Waals surface area contributed by atoms with E-state index in [0.29, 0.717) is 5.02 Å². The summed E-state index contributed by atoms with van der Waals surface area (Å²) in [4.78, 5) is 17.2. The first kappa shape index (κ1) is 21.4. The standard InChI is InChI=1S/C22H28ClN3O3/c1-16(22(27)24-19-6-4-5-18(23)14-19)26-11-9-25(10-12-26)15-17-7-8-20(28-2)21(13-17)29-3/h4-8,13-14,16H,9-12,15H2,1-3H3,(H,24,27)/t16-/m0/s1. The Morgan fingerprint density at radius 3 is 2.45 bits per heavy atom. The number of benzene rings is 2. The lowest BCUT2D eigenvalue weighted by Gasteiger charge is -2.37. The van der Waals surface area contributed by atoms with Crippen molar-refractivity contribution < 1.29 is 14.3 Å². The fourth-order valence-corrected chi connectivity index (χ4v) is 3.71. The topological polar surface area (TPSA) is 54.0 Å².